The lowest BCUT2D eigenvalue weighted by Gasteiger charge is -2.26. The Morgan fingerprint density at radius 3 is 2.71 bits per heavy atom. The molecule has 3 heteroatoms. The minimum absolute atomic E-state index is 0.137. The van der Waals surface area contributed by atoms with Gasteiger partial charge in [0.05, 0.1) is 17.3 Å². The van der Waals surface area contributed by atoms with Gasteiger partial charge >= 0.3 is 0 Å². The van der Waals surface area contributed by atoms with Crippen LogP contribution in [-0.4, -0.2) is 22.0 Å². The Morgan fingerprint density at radius 2 is 2.12 bits per heavy atom. The van der Waals surface area contributed by atoms with Crippen molar-refractivity contribution in [3.63, 3.8) is 0 Å². The highest BCUT2D eigenvalue weighted by molar-refractivity contribution is 5.21. The summed E-state index contributed by atoms with van der Waals surface area (Å²) in [5.74, 6) is 0. The fourth-order valence-electron chi connectivity index (χ4n) is 2.99. The lowest BCUT2D eigenvalue weighted by Crippen LogP contribution is -2.28. The van der Waals surface area contributed by atoms with Crippen molar-refractivity contribution < 1.29 is 4.74 Å². The summed E-state index contributed by atoms with van der Waals surface area (Å²) in [6, 6.07) is 2.69. The highest BCUT2D eigenvalue weighted by Crippen LogP contribution is 2.54. The van der Waals surface area contributed by atoms with Gasteiger partial charge in [0.1, 0.15) is 0 Å². The van der Waals surface area contributed by atoms with Gasteiger partial charge in [0.15, 0.2) is 0 Å². The molecule has 0 bridgehead atoms. The van der Waals surface area contributed by atoms with E-state index in [0.29, 0.717) is 6.04 Å². The van der Waals surface area contributed by atoms with Crippen molar-refractivity contribution in [2.75, 3.05) is 6.61 Å². The second-order valence-electron chi connectivity index (χ2n) is 6.58. The van der Waals surface area contributed by atoms with Crippen molar-refractivity contribution in [3.8, 4) is 0 Å². The molecule has 1 aromatic rings. The molecule has 94 valence electrons. The third-order valence-electron chi connectivity index (χ3n) is 4.05. The van der Waals surface area contributed by atoms with Crippen molar-refractivity contribution in [2.45, 2.75) is 64.0 Å². The fraction of sp³-hybridized carbons (Fsp3) is 0.786. The largest absolute Gasteiger partial charge is 0.373 e. The molecule has 1 aliphatic heterocycles. The van der Waals surface area contributed by atoms with Crippen LogP contribution in [-0.2, 0) is 10.2 Å². The van der Waals surface area contributed by atoms with Crippen LogP contribution < -0.4 is 0 Å². The first-order valence-corrected chi connectivity index (χ1v) is 6.63. The number of hydrogen-bond donors (Lipinski definition) is 0. The molecule has 0 radical (unpaired) electrons. The Balaban J connectivity index is 2.03. The predicted molar refractivity (Wildman–Crippen MR) is 67.2 cm³/mol. The van der Waals surface area contributed by atoms with Crippen LogP contribution in [0.25, 0.3) is 0 Å². The molecule has 1 atom stereocenters. The number of ether oxygens (including phenoxy) is 1. The number of rotatable bonds is 1. The van der Waals surface area contributed by atoms with E-state index < -0.39 is 0 Å². The first kappa shape index (κ1) is 11.3. The van der Waals surface area contributed by atoms with Crippen LogP contribution >= 0.6 is 0 Å². The Morgan fingerprint density at radius 1 is 1.41 bits per heavy atom. The van der Waals surface area contributed by atoms with E-state index in [2.05, 4.69) is 38.4 Å². The van der Waals surface area contributed by atoms with Crippen LogP contribution in [0.5, 0.6) is 0 Å². The summed E-state index contributed by atoms with van der Waals surface area (Å²) in [7, 11) is 0. The van der Waals surface area contributed by atoms with Crippen molar-refractivity contribution in [1.82, 2.24) is 9.78 Å². The second kappa shape index (κ2) is 3.35. The van der Waals surface area contributed by atoms with E-state index in [9.17, 15) is 0 Å². The number of aryl methyl sites for hydroxylation is 1. The molecule has 0 N–H and O–H groups in total. The van der Waals surface area contributed by atoms with Gasteiger partial charge in [-0.2, -0.15) is 5.10 Å². The van der Waals surface area contributed by atoms with E-state index >= 15 is 0 Å². The molecule has 2 fully saturated rings. The van der Waals surface area contributed by atoms with Gasteiger partial charge in [-0.3, -0.25) is 4.68 Å². The Hall–Kier alpha value is -0.830. The topological polar surface area (TPSA) is 27.1 Å². The SMILES string of the molecule is Cc1cc(C(C)(C)C)n(C2CCOC23CC3)n1. The smallest absolute Gasteiger partial charge is 0.0908 e. The summed E-state index contributed by atoms with van der Waals surface area (Å²) < 4.78 is 8.19. The van der Waals surface area contributed by atoms with E-state index in [-0.39, 0.29) is 11.0 Å². The maximum Gasteiger partial charge on any atom is 0.0908 e. The van der Waals surface area contributed by atoms with Crippen LogP contribution in [0.3, 0.4) is 0 Å². The lowest BCUT2D eigenvalue weighted by molar-refractivity contribution is 0.0667. The van der Waals surface area contributed by atoms with E-state index in [1.54, 1.807) is 0 Å². The van der Waals surface area contributed by atoms with Crippen LogP contribution in [0.4, 0.5) is 0 Å². The first-order chi connectivity index (χ1) is 7.92. The molecule has 0 amide bonds. The molecule has 3 rings (SSSR count). The molecule has 1 aromatic heterocycles. The molecule has 0 aromatic carbocycles. The van der Waals surface area contributed by atoms with Gasteiger partial charge in [-0.1, -0.05) is 20.8 Å². The summed E-state index contributed by atoms with van der Waals surface area (Å²) >= 11 is 0. The van der Waals surface area contributed by atoms with Crippen LogP contribution in [0.2, 0.25) is 0 Å². The van der Waals surface area contributed by atoms with Gasteiger partial charge in [0.2, 0.25) is 0 Å². The van der Waals surface area contributed by atoms with Crippen LogP contribution in [0.15, 0.2) is 6.07 Å². The van der Waals surface area contributed by atoms with Gasteiger partial charge in [0, 0.05) is 17.7 Å². The molecule has 1 saturated heterocycles. The molecule has 2 heterocycles. The number of hydrogen-bond acceptors (Lipinski definition) is 2. The molecule has 1 saturated carbocycles. The molecule has 17 heavy (non-hydrogen) atoms. The van der Waals surface area contributed by atoms with Gasteiger partial charge in [-0.25, -0.2) is 0 Å². The van der Waals surface area contributed by atoms with Crippen molar-refractivity contribution >= 4 is 0 Å². The third-order valence-corrected chi connectivity index (χ3v) is 4.05. The average Bonchev–Trinajstić information content (AvgIpc) is 2.67. The monoisotopic (exact) mass is 234 g/mol. The normalized spacial score (nSPS) is 26.7. The van der Waals surface area contributed by atoms with E-state index in [0.717, 1.165) is 18.7 Å². The molecule has 1 spiro atoms. The predicted octanol–water partition coefficient (Wildman–Crippen LogP) is 2.98. The van der Waals surface area contributed by atoms with Crippen LogP contribution in [0.1, 0.15) is 57.5 Å². The van der Waals surface area contributed by atoms with Gasteiger partial charge < -0.3 is 4.74 Å². The Labute approximate surface area is 103 Å². The van der Waals surface area contributed by atoms with Crippen LogP contribution in [0, 0.1) is 6.92 Å². The molecule has 3 nitrogen and oxygen atoms in total. The lowest BCUT2D eigenvalue weighted by atomic mass is 9.91. The standard InChI is InChI=1S/C14H22N2O/c1-10-9-12(13(2,3)4)16(15-10)11-5-8-17-14(11)6-7-14/h9,11H,5-8H2,1-4H3. The average molecular weight is 234 g/mol. The minimum atomic E-state index is 0.137. The minimum Gasteiger partial charge on any atom is -0.373 e. The van der Waals surface area contributed by atoms with Crippen molar-refractivity contribution in [3.05, 3.63) is 17.5 Å². The summed E-state index contributed by atoms with van der Waals surface area (Å²) in [6.07, 6.45) is 3.53. The summed E-state index contributed by atoms with van der Waals surface area (Å²) in [5, 5.41) is 4.73. The summed E-state index contributed by atoms with van der Waals surface area (Å²) in [4.78, 5) is 0. The van der Waals surface area contributed by atoms with Crippen molar-refractivity contribution in [1.29, 1.82) is 0 Å². The van der Waals surface area contributed by atoms with Gasteiger partial charge in [-0.05, 0) is 32.3 Å². The van der Waals surface area contributed by atoms with E-state index in [1.165, 1.54) is 18.5 Å². The molecule has 1 unspecified atom stereocenters. The maximum atomic E-state index is 5.93. The van der Waals surface area contributed by atoms with Gasteiger partial charge in [-0.15, -0.1) is 0 Å². The molecule has 2 aliphatic rings. The van der Waals surface area contributed by atoms with Crippen molar-refractivity contribution in [2.24, 2.45) is 0 Å². The van der Waals surface area contributed by atoms with E-state index in [1.807, 2.05) is 0 Å². The third kappa shape index (κ3) is 1.71. The molecular weight excluding hydrogens is 212 g/mol. The molecular formula is C14H22N2O. The summed E-state index contributed by atoms with van der Waals surface area (Å²) in [6.45, 7) is 9.76. The number of nitrogens with zero attached hydrogens (tertiary/aromatic N) is 2. The highest BCUT2D eigenvalue weighted by Gasteiger charge is 2.56. The maximum absolute atomic E-state index is 5.93. The molecule has 1 aliphatic carbocycles. The number of aromatic nitrogens is 2. The quantitative estimate of drug-likeness (QED) is 0.747. The zero-order chi connectivity index (χ0) is 12.3. The summed E-state index contributed by atoms with van der Waals surface area (Å²) in [5.41, 5.74) is 2.76. The zero-order valence-electron chi connectivity index (χ0n) is 11.3. The Kier molecular flexibility index (Phi) is 2.22. The zero-order valence-corrected chi connectivity index (χ0v) is 11.3. The second-order valence-corrected chi connectivity index (χ2v) is 6.58. The first-order valence-electron chi connectivity index (χ1n) is 6.63. The van der Waals surface area contributed by atoms with E-state index in [4.69, 9.17) is 9.84 Å². The Bertz CT molecular complexity index is 438. The highest BCUT2D eigenvalue weighted by atomic mass is 16.5. The fourth-order valence-corrected chi connectivity index (χ4v) is 2.99. The van der Waals surface area contributed by atoms with Gasteiger partial charge in [0.25, 0.3) is 0 Å².